The predicted molar refractivity (Wildman–Crippen MR) is 135 cm³/mol. The number of aromatic amines is 1. The Labute approximate surface area is 204 Å². The zero-order chi connectivity index (χ0) is 23.4. The molecule has 6 rings (SSSR count). The number of hydrogen-bond donors (Lipinski definition) is 1. The Morgan fingerprint density at radius 1 is 1.00 bits per heavy atom. The molecule has 7 heteroatoms. The summed E-state index contributed by atoms with van der Waals surface area (Å²) in [6.07, 6.45) is 6.27. The van der Waals surface area contributed by atoms with Crippen molar-refractivity contribution < 1.29 is 14.3 Å². The summed E-state index contributed by atoms with van der Waals surface area (Å²) in [6.45, 7) is 0. The lowest BCUT2D eigenvalue weighted by atomic mass is 9.88. The average molecular weight is 476 g/mol. The van der Waals surface area contributed by atoms with Crippen LogP contribution < -0.4 is 9.47 Å². The Hall–Kier alpha value is -3.06. The van der Waals surface area contributed by atoms with Gasteiger partial charge in [0.25, 0.3) is 5.91 Å². The van der Waals surface area contributed by atoms with Gasteiger partial charge in [-0.2, -0.15) is 0 Å². The number of nitrogens with one attached hydrogen (secondary N) is 1. The number of thiocarbonyl (C=S) groups is 1. The van der Waals surface area contributed by atoms with Crippen LogP contribution in [0.15, 0.2) is 42.5 Å². The molecule has 34 heavy (non-hydrogen) atoms. The van der Waals surface area contributed by atoms with E-state index >= 15 is 0 Å². The van der Waals surface area contributed by atoms with E-state index in [2.05, 4.69) is 34.1 Å². The number of hydrogen-bond acceptors (Lipinski definition) is 4. The largest absolute Gasteiger partial charge is 0.493 e. The molecule has 1 amide bonds. The normalized spacial score (nSPS) is 22.8. The number of methoxy groups -OCH3 is 2. The first-order chi connectivity index (χ1) is 16.6. The predicted octanol–water partition coefficient (Wildman–Crippen LogP) is 4.96. The van der Waals surface area contributed by atoms with Crippen molar-refractivity contribution in [1.82, 2.24) is 14.8 Å². The molecule has 3 aliphatic rings. The molecule has 0 spiro atoms. The van der Waals surface area contributed by atoms with Crippen LogP contribution in [0.1, 0.15) is 55.0 Å². The van der Waals surface area contributed by atoms with Gasteiger partial charge in [0, 0.05) is 29.1 Å². The lowest BCUT2D eigenvalue weighted by Crippen LogP contribution is -2.44. The maximum absolute atomic E-state index is 13.9. The molecule has 1 saturated carbocycles. The third-order valence-corrected chi connectivity index (χ3v) is 8.15. The molecule has 2 atom stereocenters. The molecular formula is C27H29N3O3S. The van der Waals surface area contributed by atoms with E-state index in [9.17, 15) is 4.79 Å². The van der Waals surface area contributed by atoms with E-state index in [4.69, 9.17) is 21.7 Å². The molecule has 2 aromatic carbocycles. The van der Waals surface area contributed by atoms with Gasteiger partial charge in [0.1, 0.15) is 6.04 Å². The van der Waals surface area contributed by atoms with Gasteiger partial charge < -0.3 is 19.4 Å². The molecule has 2 unspecified atom stereocenters. The van der Waals surface area contributed by atoms with Crippen molar-refractivity contribution in [1.29, 1.82) is 0 Å². The fourth-order valence-electron chi connectivity index (χ4n) is 6.14. The Morgan fingerprint density at radius 2 is 1.76 bits per heavy atom. The Bertz CT molecular complexity index is 1280. The van der Waals surface area contributed by atoms with E-state index < -0.39 is 0 Å². The first kappa shape index (κ1) is 21.5. The fourth-order valence-corrected chi connectivity index (χ4v) is 6.61. The summed E-state index contributed by atoms with van der Waals surface area (Å²) in [5, 5.41) is 1.84. The van der Waals surface area contributed by atoms with Gasteiger partial charge in [-0.15, -0.1) is 0 Å². The van der Waals surface area contributed by atoms with Crippen LogP contribution in [-0.4, -0.2) is 52.1 Å². The molecule has 1 N–H and O–H groups in total. The van der Waals surface area contributed by atoms with Gasteiger partial charge in [-0.05, 0) is 54.4 Å². The number of carbonyl (C=O) groups is 1. The number of H-pyrrole nitrogens is 1. The van der Waals surface area contributed by atoms with Crippen molar-refractivity contribution >= 4 is 34.1 Å². The van der Waals surface area contributed by atoms with Crippen LogP contribution in [0.4, 0.5) is 0 Å². The number of rotatable bonds is 4. The van der Waals surface area contributed by atoms with Crippen LogP contribution in [0.5, 0.6) is 11.5 Å². The first-order valence-electron chi connectivity index (χ1n) is 12.1. The topological polar surface area (TPSA) is 57.8 Å². The Kier molecular flexibility index (Phi) is 5.25. The summed E-state index contributed by atoms with van der Waals surface area (Å²) < 4.78 is 11.1. The lowest BCUT2D eigenvalue weighted by Gasteiger charge is -2.38. The number of ether oxygens (including phenoxy) is 2. The smallest absolute Gasteiger partial charge is 0.252 e. The van der Waals surface area contributed by atoms with Gasteiger partial charge in [-0.3, -0.25) is 9.69 Å². The zero-order valence-electron chi connectivity index (χ0n) is 19.5. The minimum Gasteiger partial charge on any atom is -0.493 e. The maximum Gasteiger partial charge on any atom is 0.252 e. The number of para-hydroxylation sites is 1. The van der Waals surface area contributed by atoms with Crippen LogP contribution in [0.2, 0.25) is 0 Å². The number of fused-ring (bicyclic) bond motifs is 4. The summed E-state index contributed by atoms with van der Waals surface area (Å²) in [6, 6.07) is 14.0. The Morgan fingerprint density at radius 3 is 2.53 bits per heavy atom. The highest BCUT2D eigenvalue weighted by molar-refractivity contribution is 7.80. The highest BCUT2D eigenvalue weighted by atomic mass is 32.1. The fraction of sp³-hybridized carbons (Fsp3) is 0.407. The van der Waals surface area contributed by atoms with Crippen molar-refractivity contribution in [2.24, 2.45) is 0 Å². The quantitative estimate of drug-likeness (QED) is 0.541. The highest BCUT2D eigenvalue weighted by Gasteiger charge is 2.52. The molecule has 2 fully saturated rings. The van der Waals surface area contributed by atoms with Crippen LogP contribution in [-0.2, 0) is 11.2 Å². The monoisotopic (exact) mass is 475 g/mol. The summed E-state index contributed by atoms with van der Waals surface area (Å²) in [4.78, 5) is 21.6. The molecule has 1 aliphatic carbocycles. The molecular weight excluding hydrogens is 446 g/mol. The molecule has 3 heterocycles. The second-order valence-corrected chi connectivity index (χ2v) is 9.85. The van der Waals surface area contributed by atoms with Gasteiger partial charge in [0.15, 0.2) is 16.6 Å². The molecule has 2 aliphatic heterocycles. The van der Waals surface area contributed by atoms with Gasteiger partial charge >= 0.3 is 0 Å². The van der Waals surface area contributed by atoms with Gasteiger partial charge in [-0.1, -0.05) is 43.5 Å². The Balaban J connectivity index is 1.51. The second-order valence-electron chi connectivity index (χ2n) is 9.49. The van der Waals surface area contributed by atoms with Gasteiger partial charge in [0.05, 0.1) is 20.3 Å². The van der Waals surface area contributed by atoms with Gasteiger partial charge in [0.2, 0.25) is 0 Å². The van der Waals surface area contributed by atoms with Crippen LogP contribution in [0.3, 0.4) is 0 Å². The zero-order valence-corrected chi connectivity index (χ0v) is 20.4. The molecule has 0 bridgehead atoms. The summed E-state index contributed by atoms with van der Waals surface area (Å²) in [7, 11) is 3.29. The van der Waals surface area contributed by atoms with E-state index in [0.717, 1.165) is 42.5 Å². The van der Waals surface area contributed by atoms with Crippen LogP contribution >= 0.6 is 12.2 Å². The van der Waals surface area contributed by atoms with E-state index in [0.29, 0.717) is 23.0 Å². The first-order valence-corrected chi connectivity index (χ1v) is 12.5. The summed E-state index contributed by atoms with van der Waals surface area (Å²) in [5.74, 6) is 1.50. The molecule has 176 valence electrons. The van der Waals surface area contributed by atoms with Crippen molar-refractivity contribution in [3.63, 3.8) is 0 Å². The average Bonchev–Trinajstić information content (AvgIpc) is 3.37. The number of amides is 1. The van der Waals surface area contributed by atoms with Crippen LogP contribution in [0.25, 0.3) is 10.9 Å². The third-order valence-electron chi connectivity index (χ3n) is 7.74. The van der Waals surface area contributed by atoms with Crippen LogP contribution in [0, 0.1) is 0 Å². The summed E-state index contributed by atoms with van der Waals surface area (Å²) in [5.41, 5.74) is 4.42. The molecule has 1 aromatic heterocycles. The van der Waals surface area contributed by atoms with Crippen molar-refractivity contribution in [2.45, 2.75) is 56.7 Å². The lowest BCUT2D eigenvalue weighted by molar-refractivity contribution is -0.130. The number of aromatic nitrogens is 1. The minimum absolute atomic E-state index is 0.151. The minimum atomic E-state index is -0.292. The van der Waals surface area contributed by atoms with E-state index in [-0.39, 0.29) is 24.0 Å². The SMILES string of the molecule is COc1ccc(C2c3[nH]c4ccccc4c3CC3C(=O)N(C4CCCCC4)C(=S)N32)cc1OC. The number of carbonyl (C=O) groups excluding carboxylic acids is 1. The molecule has 0 radical (unpaired) electrons. The van der Waals surface area contributed by atoms with Crippen molar-refractivity contribution in [2.75, 3.05) is 14.2 Å². The standard InChI is InChI=1S/C27H29N3O3S/c1-32-22-13-12-16(14-23(22)33-2)25-24-19(18-10-6-7-11-20(18)28-24)15-21-26(31)29(27(34)30(21)25)17-8-4-3-5-9-17/h6-7,10-14,17,21,25,28H,3-5,8-9,15H2,1-2H3. The molecule has 6 nitrogen and oxygen atoms in total. The van der Waals surface area contributed by atoms with Gasteiger partial charge in [-0.25, -0.2) is 0 Å². The third kappa shape index (κ3) is 3.13. The summed E-state index contributed by atoms with van der Waals surface area (Å²) >= 11 is 6.05. The van der Waals surface area contributed by atoms with Crippen molar-refractivity contribution in [3.05, 3.63) is 59.3 Å². The molecule has 3 aromatic rings. The number of benzene rings is 2. The maximum atomic E-state index is 13.9. The van der Waals surface area contributed by atoms with E-state index in [1.54, 1.807) is 14.2 Å². The molecule has 1 saturated heterocycles. The van der Waals surface area contributed by atoms with Crippen molar-refractivity contribution in [3.8, 4) is 11.5 Å². The number of nitrogens with zero attached hydrogens (tertiary/aromatic N) is 2. The van der Waals surface area contributed by atoms with E-state index in [1.807, 2.05) is 23.1 Å². The van der Waals surface area contributed by atoms with E-state index in [1.165, 1.54) is 17.4 Å². The second kappa shape index (κ2) is 8.31. The highest BCUT2D eigenvalue weighted by Crippen LogP contribution is 2.46.